The van der Waals surface area contributed by atoms with Crippen molar-refractivity contribution in [3.8, 4) is 0 Å². The molecule has 1 unspecified atom stereocenters. The van der Waals surface area contributed by atoms with Crippen LogP contribution in [0, 0.1) is 0 Å². The van der Waals surface area contributed by atoms with E-state index in [1.54, 1.807) is 0 Å². The predicted molar refractivity (Wildman–Crippen MR) is 92.5 cm³/mol. The first-order valence-electron chi connectivity index (χ1n) is 8.81. The second-order valence-corrected chi connectivity index (χ2v) is 6.92. The SMILES string of the molecule is CCCCOC(=O)C(=O)CCCCOP(=O)(O)OC(=O)C(=O)OCCCC. The minimum Gasteiger partial charge on any atom is -0.460 e. The van der Waals surface area contributed by atoms with E-state index in [2.05, 4.69) is 13.8 Å². The van der Waals surface area contributed by atoms with Gasteiger partial charge in [0.05, 0.1) is 19.8 Å². The molecular weight excluding hydrogens is 383 g/mol. The molecule has 0 aromatic rings. The van der Waals surface area contributed by atoms with E-state index in [1.165, 1.54) is 0 Å². The van der Waals surface area contributed by atoms with Crippen molar-refractivity contribution in [3.05, 3.63) is 0 Å². The zero-order valence-electron chi connectivity index (χ0n) is 15.6. The van der Waals surface area contributed by atoms with E-state index in [-0.39, 0.29) is 39.1 Å². The number of hydrogen-bond donors (Lipinski definition) is 1. The van der Waals surface area contributed by atoms with Gasteiger partial charge in [0, 0.05) is 6.42 Å². The van der Waals surface area contributed by atoms with Crippen molar-refractivity contribution in [2.24, 2.45) is 0 Å². The minimum atomic E-state index is -4.77. The molecule has 10 nitrogen and oxygen atoms in total. The van der Waals surface area contributed by atoms with Crippen LogP contribution in [-0.4, -0.2) is 48.4 Å². The molecule has 156 valence electrons. The Balaban J connectivity index is 3.99. The number of carbonyl (C=O) groups excluding carboxylic acids is 4. The number of phosphoric acid groups is 1. The average molecular weight is 410 g/mol. The second-order valence-electron chi connectivity index (χ2n) is 5.54. The highest BCUT2D eigenvalue weighted by atomic mass is 31.2. The van der Waals surface area contributed by atoms with Gasteiger partial charge in [0.1, 0.15) is 0 Å². The molecule has 0 aromatic heterocycles. The van der Waals surface area contributed by atoms with Crippen LogP contribution in [0.1, 0.15) is 58.8 Å². The number of ketones is 1. The van der Waals surface area contributed by atoms with Gasteiger partial charge < -0.3 is 14.0 Å². The molecule has 0 aliphatic heterocycles. The smallest absolute Gasteiger partial charge is 0.460 e. The van der Waals surface area contributed by atoms with E-state index in [4.69, 9.17) is 4.74 Å². The van der Waals surface area contributed by atoms with Crippen LogP contribution >= 0.6 is 7.82 Å². The zero-order chi connectivity index (χ0) is 20.7. The summed E-state index contributed by atoms with van der Waals surface area (Å²) in [7, 11) is -4.77. The Kier molecular flexibility index (Phi) is 13.4. The first kappa shape index (κ1) is 25.2. The van der Waals surface area contributed by atoms with Crippen LogP contribution in [0.15, 0.2) is 0 Å². The lowest BCUT2D eigenvalue weighted by atomic mass is 10.2. The summed E-state index contributed by atoms with van der Waals surface area (Å²) in [5, 5.41) is 0. The molecule has 0 saturated carbocycles. The molecule has 0 amide bonds. The maximum absolute atomic E-state index is 11.6. The van der Waals surface area contributed by atoms with E-state index >= 15 is 0 Å². The minimum absolute atomic E-state index is 0.00404. The summed E-state index contributed by atoms with van der Waals surface area (Å²) in [5.74, 6) is -4.61. The van der Waals surface area contributed by atoms with Gasteiger partial charge >= 0.3 is 25.7 Å². The summed E-state index contributed by atoms with van der Waals surface area (Å²) in [6.07, 6.45) is 3.03. The summed E-state index contributed by atoms with van der Waals surface area (Å²) >= 11 is 0. The van der Waals surface area contributed by atoms with Gasteiger partial charge in [-0.2, -0.15) is 0 Å². The van der Waals surface area contributed by atoms with E-state index < -0.39 is 31.5 Å². The molecule has 0 bridgehead atoms. The summed E-state index contributed by atoms with van der Waals surface area (Å²) in [6.45, 7) is 3.64. The van der Waals surface area contributed by atoms with Crippen LogP contribution in [0.4, 0.5) is 0 Å². The lowest BCUT2D eigenvalue weighted by Crippen LogP contribution is -2.20. The molecule has 0 aromatic carbocycles. The molecule has 0 heterocycles. The number of hydrogen-bond acceptors (Lipinski definition) is 9. The number of rotatable bonds is 14. The molecule has 1 atom stereocenters. The Labute approximate surface area is 158 Å². The third kappa shape index (κ3) is 13.1. The van der Waals surface area contributed by atoms with Crippen LogP contribution in [0.25, 0.3) is 0 Å². The number of ether oxygens (including phenoxy) is 2. The quantitative estimate of drug-likeness (QED) is 0.196. The zero-order valence-corrected chi connectivity index (χ0v) is 16.5. The number of Topliss-reactive ketones (excluding diaryl/α,β-unsaturated/α-hetero) is 1. The molecule has 27 heavy (non-hydrogen) atoms. The lowest BCUT2D eigenvalue weighted by Gasteiger charge is -2.11. The molecule has 11 heteroatoms. The van der Waals surface area contributed by atoms with Crippen LogP contribution in [-0.2, 0) is 42.3 Å². The summed E-state index contributed by atoms with van der Waals surface area (Å²) < 4.78 is 29.5. The van der Waals surface area contributed by atoms with E-state index in [1.807, 2.05) is 13.8 Å². The number of phosphoric ester groups is 1. The molecule has 0 fully saturated rings. The summed E-state index contributed by atoms with van der Waals surface area (Å²) in [5.41, 5.74) is 0. The number of esters is 2. The fraction of sp³-hybridized carbons (Fsp3) is 0.750. The molecule has 0 rings (SSSR count). The number of unbranched alkanes of at least 4 members (excludes halogenated alkanes) is 3. The van der Waals surface area contributed by atoms with Crippen molar-refractivity contribution < 1.29 is 47.2 Å². The van der Waals surface area contributed by atoms with Crippen molar-refractivity contribution in [2.45, 2.75) is 58.8 Å². The third-order valence-corrected chi connectivity index (χ3v) is 4.01. The first-order chi connectivity index (χ1) is 12.7. The van der Waals surface area contributed by atoms with Crippen LogP contribution in [0.2, 0.25) is 0 Å². The van der Waals surface area contributed by atoms with E-state index in [0.29, 0.717) is 12.8 Å². The highest BCUT2D eigenvalue weighted by molar-refractivity contribution is 7.48. The Hall–Kier alpha value is -1.77. The highest BCUT2D eigenvalue weighted by Crippen LogP contribution is 2.43. The van der Waals surface area contributed by atoms with Crippen LogP contribution < -0.4 is 0 Å². The monoisotopic (exact) mass is 410 g/mol. The van der Waals surface area contributed by atoms with Gasteiger partial charge in [0.15, 0.2) is 0 Å². The first-order valence-corrected chi connectivity index (χ1v) is 10.3. The molecule has 0 saturated heterocycles. The number of carbonyl (C=O) groups is 4. The van der Waals surface area contributed by atoms with Crippen molar-refractivity contribution in [2.75, 3.05) is 19.8 Å². The van der Waals surface area contributed by atoms with Gasteiger partial charge in [-0.05, 0) is 25.7 Å². The maximum atomic E-state index is 11.6. The highest BCUT2D eigenvalue weighted by Gasteiger charge is 2.31. The Morgan fingerprint density at radius 2 is 1.33 bits per heavy atom. The molecule has 0 spiro atoms. The lowest BCUT2D eigenvalue weighted by molar-refractivity contribution is -0.163. The topological polar surface area (TPSA) is 142 Å². The van der Waals surface area contributed by atoms with Gasteiger partial charge in [-0.15, -0.1) is 0 Å². The predicted octanol–water partition coefficient (Wildman–Crippen LogP) is 2.07. The van der Waals surface area contributed by atoms with Gasteiger partial charge in [0.2, 0.25) is 5.78 Å². The molecular formula is C16H27O10P. The second kappa shape index (κ2) is 14.3. The fourth-order valence-corrected chi connectivity index (χ4v) is 2.29. The average Bonchev–Trinajstić information content (AvgIpc) is 2.60. The van der Waals surface area contributed by atoms with Gasteiger partial charge in [-0.1, -0.05) is 26.7 Å². The van der Waals surface area contributed by atoms with Gasteiger partial charge in [0.25, 0.3) is 0 Å². The van der Waals surface area contributed by atoms with Gasteiger partial charge in [-0.25, -0.2) is 18.9 Å². The van der Waals surface area contributed by atoms with Crippen LogP contribution in [0.3, 0.4) is 0 Å². The van der Waals surface area contributed by atoms with E-state index in [0.717, 1.165) is 12.8 Å². The maximum Gasteiger partial charge on any atom is 0.530 e. The third-order valence-electron chi connectivity index (χ3n) is 3.11. The van der Waals surface area contributed by atoms with Crippen molar-refractivity contribution in [3.63, 3.8) is 0 Å². The summed E-state index contributed by atoms with van der Waals surface area (Å²) in [4.78, 5) is 54.7. The largest absolute Gasteiger partial charge is 0.530 e. The Morgan fingerprint density at radius 3 is 1.89 bits per heavy atom. The molecule has 0 aliphatic carbocycles. The normalized spacial score (nSPS) is 12.7. The van der Waals surface area contributed by atoms with Crippen molar-refractivity contribution in [1.29, 1.82) is 0 Å². The van der Waals surface area contributed by atoms with Gasteiger partial charge in [-0.3, -0.25) is 14.2 Å². The van der Waals surface area contributed by atoms with Crippen molar-refractivity contribution >= 4 is 31.5 Å². The Morgan fingerprint density at radius 1 is 0.778 bits per heavy atom. The van der Waals surface area contributed by atoms with Crippen molar-refractivity contribution in [1.82, 2.24) is 0 Å². The molecule has 0 radical (unpaired) electrons. The fourth-order valence-electron chi connectivity index (χ4n) is 1.60. The van der Waals surface area contributed by atoms with E-state index in [9.17, 15) is 28.6 Å². The molecule has 1 N–H and O–H groups in total. The standard InChI is InChI=1S/C16H27O10P/c1-3-5-10-23-14(18)13(17)9-7-8-12-25-27(21,22)26-16(20)15(19)24-11-6-4-2/h3-12H2,1-2H3,(H,21,22). The summed E-state index contributed by atoms with van der Waals surface area (Å²) in [6, 6.07) is 0. The molecule has 0 aliphatic rings. The Bertz CT molecular complexity index is 545. The van der Waals surface area contributed by atoms with Crippen LogP contribution in [0.5, 0.6) is 0 Å².